The molecule has 1 aliphatic rings. The van der Waals surface area contributed by atoms with Crippen molar-refractivity contribution < 1.29 is 9.53 Å². The lowest BCUT2D eigenvalue weighted by atomic mass is 9.79. The van der Waals surface area contributed by atoms with Crippen LogP contribution in [-0.2, 0) is 9.53 Å². The van der Waals surface area contributed by atoms with Crippen LogP contribution in [0.3, 0.4) is 0 Å². The molecular formula is C10H20N2O2. The Hall–Kier alpha value is -0.610. The summed E-state index contributed by atoms with van der Waals surface area (Å²) in [6.45, 7) is 5.06. The Kier molecular flexibility index (Phi) is 4.35. The molecule has 0 spiro atoms. The van der Waals surface area contributed by atoms with Gasteiger partial charge in [-0.3, -0.25) is 4.79 Å². The van der Waals surface area contributed by atoms with Crippen LogP contribution in [0.25, 0.3) is 0 Å². The van der Waals surface area contributed by atoms with Crippen LogP contribution >= 0.6 is 0 Å². The van der Waals surface area contributed by atoms with Gasteiger partial charge in [-0.05, 0) is 25.9 Å². The molecule has 1 fully saturated rings. The fourth-order valence-electron chi connectivity index (χ4n) is 1.95. The number of ether oxygens (including phenoxy) is 1. The van der Waals surface area contributed by atoms with Gasteiger partial charge in [0, 0.05) is 26.0 Å². The van der Waals surface area contributed by atoms with Gasteiger partial charge >= 0.3 is 0 Å². The number of methoxy groups -OCH3 is 1. The second-order valence-corrected chi connectivity index (χ2v) is 4.09. The van der Waals surface area contributed by atoms with Crippen molar-refractivity contribution in [3.05, 3.63) is 0 Å². The van der Waals surface area contributed by atoms with Crippen molar-refractivity contribution in [1.29, 1.82) is 0 Å². The maximum absolute atomic E-state index is 10.9. The van der Waals surface area contributed by atoms with Crippen LogP contribution in [-0.4, -0.2) is 39.3 Å². The summed E-state index contributed by atoms with van der Waals surface area (Å²) < 4.78 is 5.24. The summed E-state index contributed by atoms with van der Waals surface area (Å²) in [4.78, 5) is 10.9. The number of hydrogen-bond donors (Lipinski definition) is 2. The van der Waals surface area contributed by atoms with E-state index in [-0.39, 0.29) is 11.3 Å². The molecule has 1 saturated heterocycles. The predicted molar refractivity (Wildman–Crippen MR) is 55.1 cm³/mol. The Balaban J connectivity index is 2.46. The number of amides is 1. The monoisotopic (exact) mass is 200 g/mol. The molecule has 0 aromatic rings. The number of hydrogen-bond acceptors (Lipinski definition) is 3. The summed E-state index contributed by atoms with van der Waals surface area (Å²) in [6, 6.07) is 0. The van der Waals surface area contributed by atoms with Gasteiger partial charge in [0.15, 0.2) is 0 Å². The van der Waals surface area contributed by atoms with Crippen LogP contribution in [0.15, 0.2) is 0 Å². The topological polar surface area (TPSA) is 50.4 Å². The molecule has 0 bridgehead atoms. The Morgan fingerprint density at radius 1 is 1.50 bits per heavy atom. The van der Waals surface area contributed by atoms with Gasteiger partial charge < -0.3 is 15.4 Å². The van der Waals surface area contributed by atoms with E-state index in [9.17, 15) is 4.79 Å². The Bertz CT molecular complexity index is 183. The zero-order chi connectivity index (χ0) is 10.4. The minimum Gasteiger partial charge on any atom is -0.384 e. The predicted octanol–water partition coefficient (Wildman–Crippen LogP) is 0.139. The van der Waals surface area contributed by atoms with Crippen molar-refractivity contribution in [3.63, 3.8) is 0 Å². The highest BCUT2D eigenvalue weighted by atomic mass is 16.5. The summed E-state index contributed by atoms with van der Waals surface area (Å²) in [5, 5.41) is 6.21. The van der Waals surface area contributed by atoms with Crippen LogP contribution in [0.5, 0.6) is 0 Å². The largest absolute Gasteiger partial charge is 0.384 e. The molecule has 1 amide bonds. The van der Waals surface area contributed by atoms with E-state index >= 15 is 0 Å². The Morgan fingerprint density at radius 3 is 2.64 bits per heavy atom. The van der Waals surface area contributed by atoms with E-state index < -0.39 is 0 Å². The molecular weight excluding hydrogens is 180 g/mol. The molecule has 0 aromatic heterocycles. The number of carbonyl (C=O) groups is 1. The first-order valence-electron chi connectivity index (χ1n) is 5.13. The van der Waals surface area contributed by atoms with Crippen LogP contribution < -0.4 is 10.6 Å². The van der Waals surface area contributed by atoms with E-state index in [4.69, 9.17) is 4.74 Å². The molecule has 4 nitrogen and oxygen atoms in total. The molecule has 1 aliphatic heterocycles. The van der Waals surface area contributed by atoms with Gasteiger partial charge in [0.2, 0.25) is 5.91 Å². The second-order valence-electron chi connectivity index (χ2n) is 4.09. The van der Waals surface area contributed by atoms with Crippen molar-refractivity contribution in [2.75, 3.05) is 33.4 Å². The number of nitrogens with one attached hydrogen (secondary N) is 2. The Morgan fingerprint density at radius 2 is 2.14 bits per heavy atom. The molecule has 0 radical (unpaired) electrons. The van der Waals surface area contributed by atoms with Crippen LogP contribution in [0, 0.1) is 5.41 Å². The number of carbonyl (C=O) groups excluding carboxylic acids is 1. The van der Waals surface area contributed by atoms with E-state index in [1.807, 2.05) is 0 Å². The molecule has 0 aliphatic carbocycles. The van der Waals surface area contributed by atoms with Gasteiger partial charge in [-0.1, -0.05) is 0 Å². The molecule has 14 heavy (non-hydrogen) atoms. The quantitative estimate of drug-likeness (QED) is 0.678. The Labute approximate surface area is 85.4 Å². The highest BCUT2D eigenvalue weighted by Crippen LogP contribution is 2.28. The summed E-state index contributed by atoms with van der Waals surface area (Å²) in [5.41, 5.74) is 0.145. The van der Waals surface area contributed by atoms with Gasteiger partial charge in [-0.2, -0.15) is 0 Å². The lowest BCUT2D eigenvalue weighted by Crippen LogP contribution is -2.46. The van der Waals surface area contributed by atoms with Crippen molar-refractivity contribution >= 4 is 5.91 Å². The van der Waals surface area contributed by atoms with Crippen molar-refractivity contribution in [3.8, 4) is 0 Å². The minimum absolute atomic E-state index is 0.0408. The maximum atomic E-state index is 10.9. The number of piperidine rings is 1. The molecule has 1 rings (SSSR count). The third-order valence-corrected chi connectivity index (χ3v) is 2.83. The van der Waals surface area contributed by atoms with Gasteiger partial charge in [0.1, 0.15) is 0 Å². The second kappa shape index (κ2) is 5.32. The van der Waals surface area contributed by atoms with Crippen molar-refractivity contribution in [2.24, 2.45) is 5.41 Å². The fraction of sp³-hybridized carbons (Fsp3) is 0.900. The molecule has 4 heteroatoms. The lowest BCUT2D eigenvalue weighted by molar-refractivity contribution is -0.119. The molecule has 0 saturated carbocycles. The molecule has 2 N–H and O–H groups in total. The van der Waals surface area contributed by atoms with Gasteiger partial charge in [-0.15, -0.1) is 0 Å². The first kappa shape index (κ1) is 11.5. The molecule has 1 heterocycles. The zero-order valence-electron chi connectivity index (χ0n) is 9.06. The van der Waals surface area contributed by atoms with Crippen LogP contribution in [0.2, 0.25) is 0 Å². The van der Waals surface area contributed by atoms with Crippen LogP contribution in [0.4, 0.5) is 0 Å². The van der Waals surface area contributed by atoms with Crippen LogP contribution in [0.1, 0.15) is 19.8 Å². The molecule has 82 valence electrons. The lowest BCUT2D eigenvalue weighted by Gasteiger charge is -2.37. The highest BCUT2D eigenvalue weighted by molar-refractivity contribution is 5.72. The van der Waals surface area contributed by atoms with Crippen molar-refractivity contribution in [2.45, 2.75) is 19.8 Å². The number of rotatable bonds is 4. The third kappa shape index (κ3) is 3.27. The SMILES string of the molecule is COCC1(CNC(C)=O)CCNCC1. The summed E-state index contributed by atoms with van der Waals surface area (Å²) in [7, 11) is 1.72. The standard InChI is InChI=1S/C10H20N2O2/c1-9(13)12-7-10(8-14-2)3-5-11-6-4-10/h11H,3-8H2,1-2H3,(H,12,13). The fourth-order valence-corrected chi connectivity index (χ4v) is 1.95. The zero-order valence-corrected chi connectivity index (χ0v) is 9.06. The van der Waals surface area contributed by atoms with E-state index in [0.717, 1.165) is 39.1 Å². The average molecular weight is 200 g/mol. The third-order valence-electron chi connectivity index (χ3n) is 2.83. The summed E-state index contributed by atoms with van der Waals surface area (Å²) >= 11 is 0. The molecule has 0 aromatic carbocycles. The first-order valence-corrected chi connectivity index (χ1v) is 5.13. The van der Waals surface area contributed by atoms with E-state index in [2.05, 4.69) is 10.6 Å². The van der Waals surface area contributed by atoms with Gasteiger partial charge in [-0.25, -0.2) is 0 Å². The smallest absolute Gasteiger partial charge is 0.216 e. The summed E-state index contributed by atoms with van der Waals surface area (Å²) in [5.74, 6) is 0.0408. The van der Waals surface area contributed by atoms with Gasteiger partial charge in [0.25, 0.3) is 0 Å². The first-order chi connectivity index (χ1) is 6.68. The minimum atomic E-state index is 0.0408. The maximum Gasteiger partial charge on any atom is 0.216 e. The molecule has 0 unspecified atom stereocenters. The van der Waals surface area contributed by atoms with Crippen molar-refractivity contribution in [1.82, 2.24) is 10.6 Å². The average Bonchev–Trinajstić information content (AvgIpc) is 2.17. The summed E-state index contributed by atoms with van der Waals surface area (Å²) in [6.07, 6.45) is 2.14. The van der Waals surface area contributed by atoms with E-state index in [1.165, 1.54) is 0 Å². The highest BCUT2D eigenvalue weighted by Gasteiger charge is 2.31. The van der Waals surface area contributed by atoms with E-state index in [1.54, 1.807) is 14.0 Å². The van der Waals surface area contributed by atoms with Gasteiger partial charge in [0.05, 0.1) is 6.61 Å². The normalized spacial score (nSPS) is 20.4. The van der Waals surface area contributed by atoms with E-state index in [0.29, 0.717) is 0 Å². The molecule has 0 atom stereocenters.